The maximum atomic E-state index is 13.8. The molecule has 1 fully saturated rings. The normalized spacial score (nSPS) is 24.0. The number of rotatable bonds is 12. The third-order valence-corrected chi connectivity index (χ3v) is 7.17. The molecule has 2 aliphatic heterocycles. The predicted octanol–water partition coefficient (Wildman–Crippen LogP) is 2.05. The first-order valence-electron chi connectivity index (χ1n) is 14.1. The van der Waals surface area contributed by atoms with E-state index in [-0.39, 0.29) is 30.1 Å². The lowest BCUT2D eigenvalue weighted by atomic mass is 9.82. The zero-order chi connectivity index (χ0) is 28.3. The molecule has 0 radical (unpaired) electrons. The van der Waals surface area contributed by atoms with Crippen molar-refractivity contribution in [1.29, 1.82) is 0 Å². The first-order chi connectivity index (χ1) is 19.7. The number of carbonyl (C=O) groups excluding carboxylic acids is 1. The van der Waals surface area contributed by atoms with E-state index in [1.165, 1.54) is 0 Å². The molecule has 0 spiro atoms. The number of carbonyl (C=O) groups is 1. The van der Waals surface area contributed by atoms with Gasteiger partial charge in [0, 0.05) is 38.1 Å². The van der Waals surface area contributed by atoms with E-state index < -0.39 is 6.29 Å². The van der Waals surface area contributed by atoms with Crippen molar-refractivity contribution in [3.05, 3.63) is 34.2 Å². The van der Waals surface area contributed by atoms with Gasteiger partial charge in [0.15, 0.2) is 5.76 Å². The van der Waals surface area contributed by atoms with Gasteiger partial charge in [-0.2, -0.15) is 11.3 Å². The third kappa shape index (κ3) is 11.7. The Morgan fingerprint density at radius 2 is 1.57 bits per heavy atom. The molecule has 0 bridgehead atoms. The van der Waals surface area contributed by atoms with E-state index in [0.29, 0.717) is 105 Å². The first kappa shape index (κ1) is 32.9. The SMILES string of the molecule is CCO[C@@H]1OC(C(=O)N2CCOCCOCCOCCOCC2)=C[C@H](c2ccsc2)[C@H]1CCOCCOCCO. The highest BCUT2D eigenvalue weighted by Crippen LogP contribution is 2.39. The molecule has 1 aromatic rings. The van der Waals surface area contributed by atoms with Crippen LogP contribution in [0.4, 0.5) is 0 Å². The number of thiophene rings is 1. The molecule has 0 unspecified atom stereocenters. The van der Waals surface area contributed by atoms with E-state index in [0.717, 1.165) is 5.56 Å². The van der Waals surface area contributed by atoms with Gasteiger partial charge in [0.2, 0.25) is 6.29 Å². The molecule has 1 amide bonds. The van der Waals surface area contributed by atoms with Crippen LogP contribution in [0.3, 0.4) is 0 Å². The van der Waals surface area contributed by atoms with E-state index in [4.69, 9.17) is 43.0 Å². The van der Waals surface area contributed by atoms with Crippen LogP contribution in [0.2, 0.25) is 0 Å². The quantitative estimate of drug-likeness (QED) is 0.365. The molecule has 1 saturated heterocycles. The van der Waals surface area contributed by atoms with Crippen LogP contribution >= 0.6 is 11.3 Å². The van der Waals surface area contributed by atoms with Gasteiger partial charge in [-0.3, -0.25) is 4.79 Å². The zero-order valence-corrected chi connectivity index (χ0v) is 24.4. The van der Waals surface area contributed by atoms with Crippen LogP contribution < -0.4 is 0 Å². The van der Waals surface area contributed by atoms with E-state index in [2.05, 4.69) is 11.4 Å². The minimum Gasteiger partial charge on any atom is -0.459 e. The largest absolute Gasteiger partial charge is 0.459 e. The second-order valence-electron chi connectivity index (χ2n) is 9.20. The molecule has 12 heteroatoms. The van der Waals surface area contributed by atoms with Gasteiger partial charge in [-0.15, -0.1) is 0 Å². The standard InChI is InChI=1S/C28H45NO10S/c1-2-38-28-24(3-8-32-12-15-35-11-7-30)25(23-4-20-40-22-23)21-26(39-28)27(31)29-5-9-33-13-16-36-18-19-37-17-14-34-10-6-29/h4,20-22,24-25,28,30H,2-3,5-19H2,1H3/t24-,25-,28-/m1/s1. The second kappa shape index (κ2) is 20.3. The molecular weight excluding hydrogens is 542 g/mol. The van der Waals surface area contributed by atoms with Crippen LogP contribution in [-0.4, -0.2) is 128 Å². The number of amides is 1. The number of aliphatic hydroxyl groups is 1. The third-order valence-electron chi connectivity index (χ3n) is 6.47. The van der Waals surface area contributed by atoms with Crippen molar-refractivity contribution >= 4 is 17.2 Å². The Labute approximate surface area is 241 Å². The second-order valence-corrected chi connectivity index (χ2v) is 9.98. The minimum absolute atomic E-state index is 0.00738. The van der Waals surface area contributed by atoms with Crippen LogP contribution in [-0.2, 0) is 42.7 Å². The summed E-state index contributed by atoms with van der Waals surface area (Å²) < 4.78 is 45.7. The molecule has 2 aliphatic rings. The Morgan fingerprint density at radius 3 is 2.15 bits per heavy atom. The Hall–Kier alpha value is -1.61. The van der Waals surface area contributed by atoms with Gasteiger partial charge >= 0.3 is 0 Å². The Bertz CT molecular complexity index is 808. The Balaban J connectivity index is 1.69. The Morgan fingerprint density at radius 1 is 0.950 bits per heavy atom. The van der Waals surface area contributed by atoms with Crippen molar-refractivity contribution < 1.29 is 47.8 Å². The summed E-state index contributed by atoms with van der Waals surface area (Å²) in [4.78, 5) is 15.5. The maximum Gasteiger partial charge on any atom is 0.288 e. The van der Waals surface area contributed by atoms with Crippen molar-refractivity contribution in [3.63, 3.8) is 0 Å². The van der Waals surface area contributed by atoms with Gasteiger partial charge in [0.1, 0.15) is 0 Å². The lowest BCUT2D eigenvalue weighted by Gasteiger charge is -2.37. The summed E-state index contributed by atoms with van der Waals surface area (Å²) in [5, 5.41) is 13.0. The summed E-state index contributed by atoms with van der Waals surface area (Å²) in [6, 6.07) is 2.08. The monoisotopic (exact) mass is 587 g/mol. The van der Waals surface area contributed by atoms with E-state index in [1.54, 1.807) is 16.2 Å². The van der Waals surface area contributed by atoms with Crippen molar-refractivity contribution in [1.82, 2.24) is 4.90 Å². The number of hydrogen-bond acceptors (Lipinski definition) is 11. The molecule has 3 rings (SSSR count). The molecule has 0 aliphatic carbocycles. The Kier molecular flexibility index (Phi) is 16.7. The van der Waals surface area contributed by atoms with Crippen LogP contribution in [0.5, 0.6) is 0 Å². The molecule has 3 atom stereocenters. The summed E-state index contributed by atoms with van der Waals surface area (Å²) >= 11 is 1.62. The van der Waals surface area contributed by atoms with Gasteiger partial charge in [-0.25, -0.2) is 0 Å². The highest BCUT2D eigenvalue weighted by atomic mass is 32.1. The van der Waals surface area contributed by atoms with E-state index >= 15 is 0 Å². The van der Waals surface area contributed by atoms with Gasteiger partial charge in [-0.05, 0) is 41.8 Å². The lowest BCUT2D eigenvalue weighted by molar-refractivity contribution is -0.172. The van der Waals surface area contributed by atoms with Gasteiger partial charge in [0.25, 0.3) is 5.91 Å². The van der Waals surface area contributed by atoms with Crippen LogP contribution in [0.25, 0.3) is 0 Å². The molecule has 1 aromatic heterocycles. The maximum absolute atomic E-state index is 13.8. The summed E-state index contributed by atoms with van der Waals surface area (Å²) in [6.45, 7) is 8.43. The van der Waals surface area contributed by atoms with Gasteiger partial charge < -0.3 is 47.9 Å². The number of aliphatic hydroxyl groups excluding tert-OH is 1. The summed E-state index contributed by atoms with van der Waals surface area (Å²) in [6.07, 6.45) is 2.00. The van der Waals surface area contributed by atoms with Crippen LogP contribution in [0, 0.1) is 5.92 Å². The molecule has 1 N–H and O–H groups in total. The number of nitrogens with zero attached hydrogens (tertiary/aromatic N) is 1. The average molecular weight is 588 g/mol. The van der Waals surface area contributed by atoms with E-state index in [1.807, 2.05) is 18.4 Å². The number of allylic oxidation sites excluding steroid dienone is 1. The molecule has 3 heterocycles. The fourth-order valence-electron chi connectivity index (χ4n) is 4.46. The molecule has 228 valence electrons. The van der Waals surface area contributed by atoms with Crippen molar-refractivity contribution in [3.8, 4) is 0 Å². The zero-order valence-electron chi connectivity index (χ0n) is 23.5. The first-order valence-corrected chi connectivity index (χ1v) is 15.1. The summed E-state index contributed by atoms with van der Waals surface area (Å²) in [5.74, 6) is -0.0625. The minimum atomic E-state index is -0.599. The van der Waals surface area contributed by atoms with E-state index in [9.17, 15) is 4.79 Å². The summed E-state index contributed by atoms with van der Waals surface area (Å²) in [5.41, 5.74) is 1.11. The fourth-order valence-corrected chi connectivity index (χ4v) is 5.17. The van der Waals surface area contributed by atoms with Gasteiger partial charge in [0.05, 0.1) is 79.3 Å². The van der Waals surface area contributed by atoms with Crippen LogP contribution in [0.15, 0.2) is 28.7 Å². The van der Waals surface area contributed by atoms with Crippen molar-refractivity contribution in [2.75, 3.05) is 106 Å². The highest BCUT2D eigenvalue weighted by molar-refractivity contribution is 7.08. The van der Waals surface area contributed by atoms with Crippen molar-refractivity contribution in [2.24, 2.45) is 5.92 Å². The molecule has 0 saturated carbocycles. The molecule has 0 aromatic carbocycles. The lowest BCUT2D eigenvalue weighted by Crippen LogP contribution is -2.43. The fraction of sp³-hybridized carbons (Fsp3) is 0.750. The van der Waals surface area contributed by atoms with Gasteiger partial charge in [-0.1, -0.05) is 0 Å². The van der Waals surface area contributed by atoms with Crippen LogP contribution in [0.1, 0.15) is 24.8 Å². The summed E-state index contributed by atoms with van der Waals surface area (Å²) in [7, 11) is 0. The highest BCUT2D eigenvalue weighted by Gasteiger charge is 2.39. The number of ether oxygens (including phenoxy) is 8. The molecular formula is C28H45NO10S. The molecule has 11 nitrogen and oxygen atoms in total. The molecule has 40 heavy (non-hydrogen) atoms. The smallest absolute Gasteiger partial charge is 0.288 e. The average Bonchev–Trinajstić information content (AvgIpc) is 3.50. The van der Waals surface area contributed by atoms with Crippen molar-refractivity contribution in [2.45, 2.75) is 25.6 Å². The predicted molar refractivity (Wildman–Crippen MR) is 148 cm³/mol. The topological polar surface area (TPSA) is 114 Å². The number of hydrogen-bond donors (Lipinski definition) is 1.